The Bertz CT molecular complexity index is 1550. The molecular weight excluding hydrogens is 550 g/mol. The van der Waals surface area contributed by atoms with Gasteiger partial charge in [-0.1, -0.05) is 23.8 Å². The van der Waals surface area contributed by atoms with E-state index in [0.29, 0.717) is 29.4 Å². The van der Waals surface area contributed by atoms with Gasteiger partial charge in [-0.05, 0) is 79.5 Å². The number of rotatable bonds is 7. The highest BCUT2D eigenvalue weighted by Gasteiger charge is 2.55. The van der Waals surface area contributed by atoms with Gasteiger partial charge in [0.05, 0.1) is 24.2 Å². The number of carbonyl (C=O) groups excluding carboxylic acids is 2. The number of halogens is 4. The number of carbonyl (C=O) groups is 2. The molecule has 2 aromatic carbocycles. The van der Waals surface area contributed by atoms with Crippen molar-refractivity contribution in [3.8, 4) is 16.9 Å². The molecule has 1 heterocycles. The monoisotopic (exact) mass is 579 g/mol. The molecule has 6 nitrogen and oxygen atoms in total. The van der Waals surface area contributed by atoms with E-state index in [-0.39, 0.29) is 17.5 Å². The van der Waals surface area contributed by atoms with Gasteiger partial charge in [0, 0.05) is 35.6 Å². The third kappa shape index (κ3) is 5.37. The number of methoxy groups -OCH3 is 1. The fourth-order valence-corrected chi connectivity index (χ4v) is 6.43. The number of amides is 2. The fraction of sp³-hybridized carbons (Fsp3) is 0.344. The summed E-state index contributed by atoms with van der Waals surface area (Å²) < 4.78 is 59.3. The quantitative estimate of drug-likeness (QED) is 0.243. The van der Waals surface area contributed by atoms with Gasteiger partial charge in [-0.25, -0.2) is 4.39 Å². The molecule has 42 heavy (non-hydrogen) atoms. The van der Waals surface area contributed by atoms with Crippen LogP contribution in [0.25, 0.3) is 11.1 Å². The summed E-state index contributed by atoms with van der Waals surface area (Å²) in [5.74, 6) is -2.45. The number of benzene rings is 2. The summed E-state index contributed by atoms with van der Waals surface area (Å²) in [4.78, 5) is 31.6. The van der Waals surface area contributed by atoms with E-state index in [1.807, 2.05) is 12.1 Å². The number of ether oxygens (including phenoxy) is 1. The molecule has 3 aromatic rings. The Labute approximate surface area is 240 Å². The second-order valence-corrected chi connectivity index (χ2v) is 11.2. The molecule has 10 heteroatoms. The molecule has 0 radical (unpaired) electrons. The number of aromatic nitrogens is 1. The minimum absolute atomic E-state index is 0.0678. The van der Waals surface area contributed by atoms with E-state index >= 15 is 0 Å². The number of pyridine rings is 1. The maximum atomic E-state index is 13.9. The van der Waals surface area contributed by atoms with Crippen molar-refractivity contribution >= 4 is 17.5 Å². The van der Waals surface area contributed by atoms with Gasteiger partial charge in [-0.2, -0.15) is 13.2 Å². The van der Waals surface area contributed by atoms with Gasteiger partial charge in [0.25, 0.3) is 5.91 Å². The first kappa shape index (κ1) is 27.9. The van der Waals surface area contributed by atoms with Gasteiger partial charge in [0.15, 0.2) is 0 Å². The summed E-state index contributed by atoms with van der Waals surface area (Å²) in [6, 6.07) is 10.7. The topological polar surface area (TPSA) is 80.3 Å². The lowest BCUT2D eigenvalue weighted by atomic mass is 9.83. The molecule has 4 atom stereocenters. The Kier molecular flexibility index (Phi) is 7.24. The van der Waals surface area contributed by atoms with Crippen LogP contribution in [0.5, 0.6) is 5.75 Å². The van der Waals surface area contributed by atoms with Crippen LogP contribution < -0.4 is 15.4 Å². The number of nitrogens with zero attached hydrogens (tertiary/aromatic N) is 1. The van der Waals surface area contributed by atoms with Gasteiger partial charge < -0.3 is 15.4 Å². The van der Waals surface area contributed by atoms with Crippen molar-refractivity contribution in [2.24, 2.45) is 23.7 Å². The van der Waals surface area contributed by atoms with Crippen LogP contribution in [-0.2, 0) is 11.0 Å². The Hall–Kier alpha value is -4.21. The van der Waals surface area contributed by atoms with Crippen LogP contribution in [0.15, 0.2) is 72.6 Å². The van der Waals surface area contributed by atoms with E-state index < -0.39 is 41.3 Å². The van der Waals surface area contributed by atoms with Crippen LogP contribution in [0, 0.1) is 29.5 Å². The van der Waals surface area contributed by atoms with Gasteiger partial charge in [-0.15, -0.1) is 0 Å². The Morgan fingerprint density at radius 3 is 2.48 bits per heavy atom. The highest BCUT2D eigenvalue weighted by atomic mass is 19.4. The smallest absolute Gasteiger partial charge is 0.419 e. The number of fused-ring (bicyclic) bond motifs is 2. The van der Waals surface area contributed by atoms with E-state index in [0.717, 1.165) is 48.4 Å². The molecule has 3 aliphatic carbocycles. The molecule has 0 spiro atoms. The first-order chi connectivity index (χ1) is 20.1. The Morgan fingerprint density at radius 2 is 1.79 bits per heavy atom. The first-order valence-electron chi connectivity index (χ1n) is 13.9. The van der Waals surface area contributed by atoms with Crippen LogP contribution in [0.3, 0.4) is 0 Å². The zero-order valence-corrected chi connectivity index (χ0v) is 22.7. The predicted octanol–water partition coefficient (Wildman–Crippen LogP) is 6.64. The summed E-state index contributed by atoms with van der Waals surface area (Å²) in [6.45, 7) is 0. The zero-order valence-electron chi connectivity index (χ0n) is 22.7. The predicted molar refractivity (Wildman–Crippen MR) is 148 cm³/mol. The molecule has 2 unspecified atom stereocenters. The molecule has 1 aromatic heterocycles. The molecule has 3 aliphatic rings. The summed E-state index contributed by atoms with van der Waals surface area (Å²) in [6.07, 6.45) is 4.34. The maximum absolute atomic E-state index is 13.9. The van der Waals surface area contributed by atoms with Crippen molar-refractivity contribution in [3.05, 3.63) is 89.5 Å². The molecule has 2 N–H and O–H groups in total. The highest BCUT2D eigenvalue weighted by molar-refractivity contribution is 6.00. The zero-order chi connectivity index (χ0) is 29.6. The van der Waals surface area contributed by atoms with Crippen molar-refractivity contribution < 1.29 is 31.9 Å². The van der Waals surface area contributed by atoms with Crippen molar-refractivity contribution in [1.82, 2.24) is 10.3 Å². The van der Waals surface area contributed by atoms with Crippen LogP contribution in [0.2, 0.25) is 0 Å². The van der Waals surface area contributed by atoms with E-state index in [9.17, 15) is 27.2 Å². The first-order valence-corrected chi connectivity index (χ1v) is 13.9. The molecule has 6 rings (SSSR count). The van der Waals surface area contributed by atoms with E-state index in [1.165, 1.54) is 7.11 Å². The highest BCUT2D eigenvalue weighted by Crippen LogP contribution is 2.54. The molecule has 0 saturated heterocycles. The van der Waals surface area contributed by atoms with Crippen LogP contribution in [-0.4, -0.2) is 29.9 Å². The van der Waals surface area contributed by atoms with Gasteiger partial charge in [0.2, 0.25) is 5.91 Å². The number of allylic oxidation sites excluding steroid dienone is 1. The van der Waals surface area contributed by atoms with E-state index in [2.05, 4.69) is 21.7 Å². The molecular formula is C32H29F4N3O3. The maximum Gasteiger partial charge on any atom is 0.419 e. The Morgan fingerprint density at radius 1 is 1.00 bits per heavy atom. The van der Waals surface area contributed by atoms with Gasteiger partial charge in [0.1, 0.15) is 11.6 Å². The summed E-state index contributed by atoms with van der Waals surface area (Å²) >= 11 is 0. The molecule has 2 bridgehead atoms. The SMILES string of the molecule is COc1ccc(-c2cccnc2)cc1C(=O)N[C@@H]1C2CCC(/C2=C/C2CC2)[C@@H]1C(=O)Nc1ccc(F)c(C(F)(F)F)c1. The minimum atomic E-state index is -4.91. The van der Waals surface area contributed by atoms with E-state index in [4.69, 9.17) is 4.74 Å². The summed E-state index contributed by atoms with van der Waals surface area (Å²) in [5, 5.41) is 5.67. The third-order valence-corrected chi connectivity index (χ3v) is 8.53. The second-order valence-electron chi connectivity index (χ2n) is 11.2. The molecule has 3 fully saturated rings. The number of hydrogen-bond acceptors (Lipinski definition) is 4. The van der Waals surface area contributed by atoms with Crippen molar-refractivity contribution in [1.29, 1.82) is 0 Å². The minimum Gasteiger partial charge on any atom is -0.496 e. The lowest BCUT2D eigenvalue weighted by Crippen LogP contribution is -2.48. The van der Waals surface area contributed by atoms with Gasteiger partial charge >= 0.3 is 6.18 Å². The van der Waals surface area contributed by atoms with Crippen molar-refractivity contribution in [2.75, 3.05) is 12.4 Å². The molecule has 3 saturated carbocycles. The standard InChI is InChI=1S/C32H29F4N3O3/c1-42-27-11-6-18(19-3-2-12-37-16-19)14-24(27)30(40)39-29-22-9-8-21(23(22)13-17-4-5-17)28(29)31(41)38-20-7-10-26(33)25(15-20)32(34,35)36/h2-3,6-7,10-17,21-22,28-29H,4-5,8-9H2,1H3,(H,38,41)(H,39,40)/b23-13-/t21?,22?,28-,29+/m0/s1. The molecule has 0 aliphatic heterocycles. The number of anilines is 1. The van der Waals surface area contributed by atoms with E-state index in [1.54, 1.807) is 30.6 Å². The van der Waals surface area contributed by atoms with Crippen LogP contribution in [0.1, 0.15) is 41.6 Å². The molecule has 2 amide bonds. The van der Waals surface area contributed by atoms with Crippen molar-refractivity contribution in [3.63, 3.8) is 0 Å². The summed E-state index contributed by atoms with van der Waals surface area (Å²) in [7, 11) is 1.47. The second kappa shape index (κ2) is 10.9. The molecule has 218 valence electrons. The third-order valence-electron chi connectivity index (χ3n) is 8.53. The van der Waals surface area contributed by atoms with Crippen LogP contribution in [0.4, 0.5) is 23.2 Å². The average Bonchev–Trinajstić information content (AvgIpc) is 3.65. The number of hydrogen-bond donors (Lipinski definition) is 2. The average molecular weight is 580 g/mol. The van der Waals surface area contributed by atoms with Crippen LogP contribution >= 0.6 is 0 Å². The lowest BCUT2D eigenvalue weighted by molar-refractivity contribution is -0.140. The summed E-state index contributed by atoms with van der Waals surface area (Å²) in [5.41, 5.74) is 1.41. The van der Waals surface area contributed by atoms with Gasteiger partial charge in [-0.3, -0.25) is 14.6 Å². The largest absolute Gasteiger partial charge is 0.496 e. The normalized spacial score (nSPS) is 24.1. The number of nitrogens with one attached hydrogen (secondary N) is 2. The number of alkyl halides is 3. The van der Waals surface area contributed by atoms with Crippen molar-refractivity contribution in [2.45, 2.75) is 37.9 Å². The Balaban J connectivity index is 1.30. The lowest BCUT2D eigenvalue weighted by Gasteiger charge is -2.30. The fourth-order valence-electron chi connectivity index (χ4n) is 6.43.